The van der Waals surface area contributed by atoms with E-state index in [1.165, 1.54) is 12.1 Å². The number of phenolic OH excluding ortho intramolecular Hbond substituents is 1. The number of nitrogens with one attached hydrogen (secondary N) is 2. The monoisotopic (exact) mass is 727 g/mol. The van der Waals surface area contributed by atoms with E-state index >= 15 is 4.39 Å². The molecule has 9 nitrogen and oxygen atoms in total. The van der Waals surface area contributed by atoms with Crippen molar-refractivity contribution in [3.05, 3.63) is 65.1 Å². The molecule has 3 aromatic rings. The second kappa shape index (κ2) is 15.6. The summed E-state index contributed by atoms with van der Waals surface area (Å²) in [6.45, 7) is 9.70. The second-order valence-corrected chi connectivity index (χ2v) is 15.9. The molecule has 1 saturated carbocycles. The first-order chi connectivity index (χ1) is 25.6. The predicted octanol–water partition coefficient (Wildman–Crippen LogP) is 6.61. The molecular formula is C42H51F2N5O4. The highest BCUT2D eigenvalue weighted by Crippen LogP contribution is 2.43. The minimum atomic E-state index is -0.940. The van der Waals surface area contributed by atoms with Gasteiger partial charge in [0, 0.05) is 62.2 Å². The molecule has 2 aromatic carbocycles. The largest absolute Gasteiger partial charge is 0.508 e. The Morgan fingerprint density at radius 3 is 2.75 bits per heavy atom. The van der Waals surface area contributed by atoms with Crippen LogP contribution in [-0.4, -0.2) is 83.6 Å². The maximum atomic E-state index is 15.0. The molecule has 3 heterocycles. The van der Waals surface area contributed by atoms with Crippen LogP contribution in [0.5, 0.6) is 11.8 Å². The second-order valence-electron chi connectivity index (χ2n) is 15.9. The fourth-order valence-corrected chi connectivity index (χ4v) is 9.18. The average molecular weight is 728 g/mol. The summed E-state index contributed by atoms with van der Waals surface area (Å²) in [4.78, 5) is 24.3. The van der Waals surface area contributed by atoms with Crippen molar-refractivity contribution in [2.24, 2.45) is 11.3 Å². The number of carbonyl (C=O) groups is 1. The molecule has 53 heavy (non-hydrogen) atoms. The number of aromatic nitrogens is 2. The van der Waals surface area contributed by atoms with Gasteiger partial charge in [-0.3, -0.25) is 9.69 Å². The van der Waals surface area contributed by atoms with Crippen molar-refractivity contribution in [1.29, 1.82) is 0 Å². The number of aromatic hydroxyl groups is 1. The van der Waals surface area contributed by atoms with Crippen LogP contribution >= 0.6 is 0 Å². The Morgan fingerprint density at radius 1 is 1.21 bits per heavy atom. The Hall–Kier alpha value is -4.27. The van der Waals surface area contributed by atoms with Gasteiger partial charge in [-0.15, -0.1) is 6.42 Å². The molecule has 1 amide bonds. The topological polar surface area (TPSA) is 109 Å². The van der Waals surface area contributed by atoms with Crippen molar-refractivity contribution < 1.29 is 28.2 Å². The van der Waals surface area contributed by atoms with Gasteiger partial charge in [-0.05, 0) is 98.9 Å². The van der Waals surface area contributed by atoms with E-state index < -0.39 is 17.5 Å². The molecule has 0 bridgehead atoms. The number of likely N-dealkylation sites (tertiary alicyclic amines) is 1. The van der Waals surface area contributed by atoms with Gasteiger partial charge in [-0.25, -0.2) is 8.78 Å². The zero-order valence-corrected chi connectivity index (χ0v) is 30.7. The van der Waals surface area contributed by atoms with Crippen molar-refractivity contribution in [3.63, 3.8) is 0 Å². The van der Waals surface area contributed by atoms with E-state index in [4.69, 9.17) is 25.9 Å². The van der Waals surface area contributed by atoms with Crippen LogP contribution in [0.4, 0.5) is 14.6 Å². The van der Waals surface area contributed by atoms with E-state index in [9.17, 15) is 14.3 Å². The van der Waals surface area contributed by atoms with Crippen molar-refractivity contribution >= 4 is 22.5 Å². The van der Waals surface area contributed by atoms with Gasteiger partial charge in [-0.1, -0.05) is 31.4 Å². The van der Waals surface area contributed by atoms with Crippen LogP contribution in [0.2, 0.25) is 0 Å². The minimum Gasteiger partial charge on any atom is -0.508 e. The Labute approximate surface area is 310 Å². The summed E-state index contributed by atoms with van der Waals surface area (Å²) in [5, 5.41) is 18.7. The third-order valence-corrected chi connectivity index (χ3v) is 12.2. The van der Waals surface area contributed by atoms with Gasteiger partial charge in [0.05, 0.1) is 16.8 Å². The van der Waals surface area contributed by atoms with Crippen molar-refractivity contribution in [3.8, 4) is 24.1 Å². The maximum Gasteiger partial charge on any atom is 0.318 e. The van der Waals surface area contributed by atoms with Gasteiger partial charge in [0.25, 0.3) is 0 Å². The number of terminal acetylenes is 1. The molecule has 0 spiro atoms. The number of ether oxygens (including phenoxy) is 2. The van der Waals surface area contributed by atoms with Gasteiger partial charge in [0.15, 0.2) is 0 Å². The van der Waals surface area contributed by atoms with Gasteiger partial charge in [-0.2, -0.15) is 9.97 Å². The van der Waals surface area contributed by atoms with Crippen LogP contribution in [0, 0.1) is 29.5 Å². The van der Waals surface area contributed by atoms with Crippen LogP contribution in [0.1, 0.15) is 86.6 Å². The number of fused-ring (bicyclic) bond motifs is 2. The van der Waals surface area contributed by atoms with Crippen molar-refractivity contribution in [1.82, 2.24) is 20.2 Å². The van der Waals surface area contributed by atoms with Gasteiger partial charge in [0.1, 0.15) is 30.2 Å². The lowest BCUT2D eigenvalue weighted by molar-refractivity contribution is -0.116. The molecule has 3 atom stereocenters. The van der Waals surface area contributed by atoms with Crippen LogP contribution in [0.25, 0.3) is 10.8 Å². The molecule has 2 aliphatic heterocycles. The zero-order valence-electron chi connectivity index (χ0n) is 30.7. The highest BCUT2D eigenvalue weighted by Gasteiger charge is 2.44. The lowest BCUT2D eigenvalue weighted by Crippen LogP contribution is -2.48. The number of hydrogen-bond acceptors (Lipinski definition) is 8. The fraction of sp³-hybridized carbons (Fsp3) is 0.548. The summed E-state index contributed by atoms with van der Waals surface area (Å²) < 4.78 is 42.1. The van der Waals surface area contributed by atoms with E-state index in [2.05, 4.69) is 35.0 Å². The van der Waals surface area contributed by atoms with Crippen LogP contribution < -0.4 is 15.4 Å². The number of amides is 1. The van der Waals surface area contributed by atoms with E-state index in [0.717, 1.165) is 75.1 Å². The van der Waals surface area contributed by atoms with E-state index in [1.807, 2.05) is 0 Å². The van der Waals surface area contributed by atoms with Crippen LogP contribution in [0.15, 0.2) is 36.9 Å². The zero-order chi connectivity index (χ0) is 37.2. The third-order valence-electron chi connectivity index (χ3n) is 12.2. The Balaban J connectivity index is 1.19. The Morgan fingerprint density at radius 2 is 2.00 bits per heavy atom. The standard InChI is InChI=1S/C42H51F2N5O4/c1-4-32-35(44)11-9-29-18-31(50)20-34(38(29)32)28-8-10-33-36(19-28)47-40(48-39(33)46-25-42(14-6-7-15-42)24-45-37(51)5-2)53-26-41(3)21-30(43)23-49(41)22-27-12-16-52-17-13-27/h1,5,9,11,18,20,27-28,30,50H,2,6-8,10,12-17,19,21-26H2,3H3,(H,45,51)(H,46,47,48)/t28-,30-,41+/m1/s1. The minimum absolute atomic E-state index is 0.0913. The normalized spacial score (nSPS) is 24.4. The Bertz CT molecular complexity index is 1890. The third kappa shape index (κ3) is 8.00. The number of alkyl halides is 1. The number of benzene rings is 2. The predicted molar refractivity (Wildman–Crippen MR) is 201 cm³/mol. The van der Waals surface area contributed by atoms with Crippen molar-refractivity contribution in [2.75, 3.05) is 51.3 Å². The molecule has 11 heteroatoms. The average Bonchev–Trinajstić information content (AvgIpc) is 3.75. The van der Waals surface area contributed by atoms with E-state index in [0.29, 0.717) is 67.8 Å². The molecule has 4 aliphatic rings. The smallest absolute Gasteiger partial charge is 0.318 e. The summed E-state index contributed by atoms with van der Waals surface area (Å²) >= 11 is 0. The first-order valence-corrected chi connectivity index (χ1v) is 19.1. The quantitative estimate of drug-likeness (QED) is 0.141. The molecule has 3 N–H and O–H groups in total. The van der Waals surface area contributed by atoms with Crippen LogP contribution in [-0.2, 0) is 22.4 Å². The molecule has 0 radical (unpaired) electrons. The molecule has 3 fully saturated rings. The summed E-state index contributed by atoms with van der Waals surface area (Å²) in [6, 6.07) is 6.51. The van der Waals surface area contributed by atoms with Gasteiger partial charge < -0.3 is 25.2 Å². The number of rotatable bonds is 12. The number of hydrogen-bond donors (Lipinski definition) is 3. The number of halogens is 2. The summed E-state index contributed by atoms with van der Waals surface area (Å²) in [5.41, 5.74) is 2.10. The summed E-state index contributed by atoms with van der Waals surface area (Å²) in [5.74, 6) is 3.02. The first-order valence-electron chi connectivity index (χ1n) is 19.1. The Kier molecular flexibility index (Phi) is 10.9. The van der Waals surface area contributed by atoms with Crippen molar-refractivity contribution in [2.45, 2.75) is 88.8 Å². The molecule has 0 unspecified atom stereocenters. The molecular weight excluding hydrogens is 676 g/mol. The molecule has 2 saturated heterocycles. The first kappa shape index (κ1) is 37.1. The summed E-state index contributed by atoms with van der Waals surface area (Å²) in [7, 11) is 0. The highest BCUT2D eigenvalue weighted by atomic mass is 19.1. The highest BCUT2D eigenvalue weighted by molar-refractivity contribution is 5.93. The lowest BCUT2D eigenvalue weighted by atomic mass is 9.79. The molecule has 282 valence electrons. The van der Waals surface area contributed by atoms with Gasteiger partial charge in [0.2, 0.25) is 5.91 Å². The van der Waals surface area contributed by atoms with Gasteiger partial charge >= 0.3 is 6.01 Å². The molecule has 1 aromatic heterocycles. The molecule has 2 aliphatic carbocycles. The number of anilines is 1. The van der Waals surface area contributed by atoms with E-state index in [1.54, 1.807) is 18.2 Å². The van der Waals surface area contributed by atoms with Crippen LogP contribution in [0.3, 0.4) is 0 Å². The molecule has 7 rings (SSSR count). The maximum absolute atomic E-state index is 15.0. The number of carbonyl (C=O) groups excluding carboxylic acids is 1. The SMILES string of the molecule is C#Cc1c(F)ccc2cc(O)cc([C@@H]3CCc4c(nc(OC[C@]5(C)C[C@@H](F)CN5CC5CCOCC5)nc4NCC4(CNC(=O)C=C)CCCC4)C3)c12. The summed E-state index contributed by atoms with van der Waals surface area (Å²) in [6.07, 6.45) is 14.4. The van der Waals surface area contributed by atoms with E-state index in [-0.39, 0.29) is 41.2 Å². The number of phenols is 1. The fourth-order valence-electron chi connectivity index (χ4n) is 9.18. The lowest BCUT2D eigenvalue weighted by Gasteiger charge is -2.37. The number of nitrogens with zero attached hydrogens (tertiary/aromatic N) is 3.